The van der Waals surface area contributed by atoms with Crippen LogP contribution in [0.2, 0.25) is 0 Å². The zero-order chi connectivity index (χ0) is 15.5. The first-order chi connectivity index (χ1) is 10.1. The van der Waals surface area contributed by atoms with Crippen LogP contribution < -0.4 is 10.6 Å². The molecule has 21 heavy (non-hydrogen) atoms. The lowest BCUT2D eigenvalue weighted by Crippen LogP contribution is -2.27. The summed E-state index contributed by atoms with van der Waals surface area (Å²) in [5, 5.41) is 6.10. The average Bonchev–Trinajstić information content (AvgIpc) is 2.48. The number of rotatable bonds is 10. The maximum absolute atomic E-state index is 11.9. The first-order valence-corrected chi connectivity index (χ1v) is 7.25. The van der Waals surface area contributed by atoms with Crippen LogP contribution in [-0.2, 0) is 4.74 Å². The van der Waals surface area contributed by atoms with Gasteiger partial charge in [-0.3, -0.25) is 4.79 Å². The number of anilines is 1. The summed E-state index contributed by atoms with van der Waals surface area (Å²) in [5.41, 5.74) is 1.36. The number of hydrogen-bond acceptors (Lipinski definition) is 5. The number of nitrogens with one attached hydrogen (secondary N) is 2. The van der Waals surface area contributed by atoms with E-state index in [1.165, 1.54) is 0 Å². The third-order valence-electron chi connectivity index (χ3n) is 2.92. The fourth-order valence-corrected chi connectivity index (χ4v) is 1.77. The van der Waals surface area contributed by atoms with Crippen molar-refractivity contribution in [2.45, 2.75) is 12.8 Å². The minimum atomic E-state index is -0.125. The van der Waals surface area contributed by atoms with Crippen molar-refractivity contribution in [1.29, 1.82) is 0 Å². The highest BCUT2D eigenvalue weighted by Gasteiger charge is 2.06. The Labute approximate surface area is 126 Å². The molecular weight excluding hydrogens is 268 g/mol. The van der Waals surface area contributed by atoms with Gasteiger partial charge < -0.3 is 20.3 Å². The highest BCUT2D eigenvalue weighted by Crippen LogP contribution is 2.06. The van der Waals surface area contributed by atoms with Gasteiger partial charge in [0.15, 0.2) is 0 Å². The summed E-state index contributed by atoms with van der Waals surface area (Å²) in [4.78, 5) is 18.1. The molecule has 1 aromatic rings. The number of ether oxygens (including phenoxy) is 1. The summed E-state index contributed by atoms with van der Waals surface area (Å²) in [6.45, 7) is 3.17. The molecule has 0 unspecified atom stereocenters. The van der Waals surface area contributed by atoms with E-state index in [1.54, 1.807) is 19.4 Å². The number of amides is 1. The predicted octanol–water partition coefficient (Wildman–Crippen LogP) is 1.21. The maximum Gasteiger partial charge on any atom is 0.269 e. The van der Waals surface area contributed by atoms with E-state index in [0.717, 1.165) is 38.2 Å². The average molecular weight is 294 g/mol. The van der Waals surface area contributed by atoms with Gasteiger partial charge in [-0.2, -0.15) is 0 Å². The van der Waals surface area contributed by atoms with Gasteiger partial charge in [0.2, 0.25) is 0 Å². The molecule has 0 fully saturated rings. The molecule has 0 aliphatic heterocycles. The molecule has 1 aromatic heterocycles. The first-order valence-electron chi connectivity index (χ1n) is 7.25. The molecule has 0 bridgehead atoms. The highest BCUT2D eigenvalue weighted by molar-refractivity contribution is 5.92. The Morgan fingerprint density at radius 2 is 2.10 bits per heavy atom. The molecule has 0 atom stereocenters. The van der Waals surface area contributed by atoms with Crippen LogP contribution in [0.15, 0.2) is 18.3 Å². The number of carbonyl (C=O) groups excluding carboxylic acids is 1. The third kappa shape index (κ3) is 7.63. The lowest BCUT2D eigenvalue weighted by Gasteiger charge is -2.10. The van der Waals surface area contributed by atoms with Crippen LogP contribution in [0.4, 0.5) is 5.69 Å². The van der Waals surface area contributed by atoms with Gasteiger partial charge in [-0.15, -0.1) is 0 Å². The zero-order valence-corrected chi connectivity index (χ0v) is 13.2. The first kappa shape index (κ1) is 17.4. The molecule has 1 amide bonds. The molecule has 6 heteroatoms. The molecule has 0 aliphatic rings. The molecular formula is C15H26N4O2. The monoisotopic (exact) mass is 294 g/mol. The fraction of sp³-hybridized carbons (Fsp3) is 0.600. The summed E-state index contributed by atoms with van der Waals surface area (Å²) >= 11 is 0. The summed E-state index contributed by atoms with van der Waals surface area (Å²) in [6, 6.07) is 3.61. The minimum absolute atomic E-state index is 0.125. The van der Waals surface area contributed by atoms with Crippen molar-refractivity contribution < 1.29 is 9.53 Å². The van der Waals surface area contributed by atoms with Crippen molar-refractivity contribution in [2.24, 2.45) is 0 Å². The van der Waals surface area contributed by atoms with E-state index in [-0.39, 0.29) is 5.91 Å². The lowest BCUT2D eigenvalue weighted by molar-refractivity contribution is 0.0947. The summed E-state index contributed by atoms with van der Waals surface area (Å²) in [5.74, 6) is -0.125. The summed E-state index contributed by atoms with van der Waals surface area (Å²) in [7, 11) is 5.72. The van der Waals surface area contributed by atoms with Crippen molar-refractivity contribution in [2.75, 3.05) is 52.8 Å². The van der Waals surface area contributed by atoms with E-state index in [1.807, 2.05) is 20.2 Å². The zero-order valence-electron chi connectivity index (χ0n) is 13.2. The fourth-order valence-electron chi connectivity index (χ4n) is 1.77. The second-order valence-corrected chi connectivity index (χ2v) is 5.12. The second kappa shape index (κ2) is 10.1. The van der Waals surface area contributed by atoms with Crippen LogP contribution in [0.1, 0.15) is 23.3 Å². The SMILES string of the molecule is COCCCNc1ccc(C(=O)NCCCN(C)C)nc1. The highest BCUT2D eigenvalue weighted by atomic mass is 16.5. The van der Waals surface area contributed by atoms with E-state index >= 15 is 0 Å². The van der Waals surface area contributed by atoms with Gasteiger partial charge in [0, 0.05) is 26.8 Å². The summed E-state index contributed by atoms with van der Waals surface area (Å²) in [6.07, 6.45) is 3.55. The van der Waals surface area contributed by atoms with Gasteiger partial charge in [-0.25, -0.2) is 4.98 Å². The van der Waals surface area contributed by atoms with E-state index in [9.17, 15) is 4.79 Å². The van der Waals surface area contributed by atoms with Crippen LogP contribution in [0.25, 0.3) is 0 Å². The normalized spacial score (nSPS) is 10.7. The van der Waals surface area contributed by atoms with Crippen LogP contribution in [-0.4, -0.2) is 63.2 Å². The van der Waals surface area contributed by atoms with Crippen molar-refractivity contribution in [3.05, 3.63) is 24.0 Å². The molecule has 0 aliphatic carbocycles. The molecule has 0 saturated heterocycles. The maximum atomic E-state index is 11.9. The van der Waals surface area contributed by atoms with E-state index < -0.39 is 0 Å². The number of methoxy groups -OCH3 is 1. The van der Waals surface area contributed by atoms with Gasteiger partial charge >= 0.3 is 0 Å². The molecule has 0 radical (unpaired) electrons. The van der Waals surface area contributed by atoms with Gasteiger partial charge in [0.25, 0.3) is 5.91 Å². The third-order valence-corrected chi connectivity index (χ3v) is 2.92. The molecule has 0 spiro atoms. The van der Waals surface area contributed by atoms with Gasteiger partial charge in [-0.1, -0.05) is 0 Å². The Hall–Kier alpha value is -1.66. The van der Waals surface area contributed by atoms with E-state index in [4.69, 9.17) is 4.74 Å². The molecule has 1 heterocycles. The van der Waals surface area contributed by atoms with Crippen LogP contribution >= 0.6 is 0 Å². The lowest BCUT2D eigenvalue weighted by atomic mass is 10.3. The predicted molar refractivity (Wildman–Crippen MR) is 84.7 cm³/mol. The van der Waals surface area contributed by atoms with Crippen LogP contribution in [0.5, 0.6) is 0 Å². The van der Waals surface area contributed by atoms with Crippen molar-refractivity contribution in [3.8, 4) is 0 Å². The summed E-state index contributed by atoms with van der Waals surface area (Å²) < 4.78 is 4.98. The molecule has 6 nitrogen and oxygen atoms in total. The standard InChI is InChI=1S/C15H26N4O2/c1-19(2)10-4-8-17-15(20)14-7-6-13(12-18-14)16-9-5-11-21-3/h6-7,12,16H,4-5,8-11H2,1-3H3,(H,17,20). The van der Waals surface area contributed by atoms with Gasteiger partial charge in [0.1, 0.15) is 5.69 Å². The van der Waals surface area contributed by atoms with E-state index in [2.05, 4.69) is 20.5 Å². The van der Waals surface area contributed by atoms with Crippen LogP contribution in [0.3, 0.4) is 0 Å². The Kier molecular flexibility index (Phi) is 8.38. The van der Waals surface area contributed by atoms with Crippen molar-refractivity contribution in [3.63, 3.8) is 0 Å². The Morgan fingerprint density at radius 1 is 1.29 bits per heavy atom. The van der Waals surface area contributed by atoms with Crippen molar-refractivity contribution >= 4 is 11.6 Å². The number of pyridine rings is 1. The molecule has 0 saturated carbocycles. The second-order valence-electron chi connectivity index (χ2n) is 5.12. The van der Waals surface area contributed by atoms with Gasteiger partial charge in [0.05, 0.1) is 11.9 Å². The van der Waals surface area contributed by atoms with Crippen LogP contribution in [0, 0.1) is 0 Å². The van der Waals surface area contributed by atoms with Gasteiger partial charge in [-0.05, 0) is 45.6 Å². The Balaban J connectivity index is 2.30. The molecule has 118 valence electrons. The number of nitrogens with zero attached hydrogens (tertiary/aromatic N) is 2. The number of carbonyl (C=O) groups is 1. The molecule has 2 N–H and O–H groups in total. The quantitative estimate of drug-likeness (QED) is 0.635. The van der Waals surface area contributed by atoms with E-state index in [0.29, 0.717) is 12.2 Å². The smallest absolute Gasteiger partial charge is 0.269 e. The van der Waals surface area contributed by atoms with Crippen molar-refractivity contribution in [1.82, 2.24) is 15.2 Å². The number of aromatic nitrogens is 1. The molecule has 1 rings (SSSR count). The number of hydrogen-bond donors (Lipinski definition) is 2. The topological polar surface area (TPSA) is 66.5 Å². The Morgan fingerprint density at radius 3 is 2.71 bits per heavy atom. The molecule has 0 aromatic carbocycles. The minimum Gasteiger partial charge on any atom is -0.385 e. The Bertz CT molecular complexity index is 407. The largest absolute Gasteiger partial charge is 0.385 e.